The molecule has 7 heteroatoms. The van der Waals surface area contributed by atoms with Gasteiger partial charge in [0.25, 0.3) is 0 Å². The van der Waals surface area contributed by atoms with Crippen molar-refractivity contribution < 1.29 is 14.3 Å². The van der Waals surface area contributed by atoms with Crippen molar-refractivity contribution in [1.82, 2.24) is 4.98 Å². The number of pyridine rings is 1. The number of halogens is 1. The highest BCUT2D eigenvalue weighted by molar-refractivity contribution is 6.31. The minimum atomic E-state index is -0.116. The van der Waals surface area contributed by atoms with Crippen molar-refractivity contribution in [3.05, 3.63) is 69.9 Å². The Labute approximate surface area is 178 Å². The summed E-state index contributed by atoms with van der Waals surface area (Å²) in [6, 6.07) is 16.5. The second kappa shape index (κ2) is 9.09. The Morgan fingerprint density at radius 2 is 1.70 bits per heavy atom. The van der Waals surface area contributed by atoms with Gasteiger partial charge in [-0.1, -0.05) is 17.7 Å². The number of hydrogen-bond acceptors (Lipinski definition) is 6. The first-order valence-corrected chi connectivity index (χ1v) is 9.23. The molecule has 1 heterocycles. The van der Waals surface area contributed by atoms with E-state index in [2.05, 4.69) is 4.98 Å². The van der Waals surface area contributed by atoms with Crippen LogP contribution in [0.3, 0.4) is 0 Å². The summed E-state index contributed by atoms with van der Waals surface area (Å²) in [7, 11) is 3.18. The highest BCUT2D eigenvalue weighted by Crippen LogP contribution is 2.25. The van der Waals surface area contributed by atoms with Crippen LogP contribution in [0.25, 0.3) is 17.0 Å². The van der Waals surface area contributed by atoms with Crippen LogP contribution in [0.4, 0.5) is 0 Å². The molecule has 0 fully saturated rings. The maximum absolute atomic E-state index is 11.4. The van der Waals surface area contributed by atoms with Gasteiger partial charge in [-0.3, -0.25) is 4.79 Å². The predicted octanol–water partition coefficient (Wildman–Crippen LogP) is 4.50. The van der Waals surface area contributed by atoms with Gasteiger partial charge in [-0.15, -0.1) is 0 Å². The predicted molar refractivity (Wildman–Crippen MR) is 113 cm³/mol. The molecule has 0 aliphatic heterocycles. The van der Waals surface area contributed by atoms with Crippen molar-refractivity contribution >= 4 is 34.4 Å². The van der Waals surface area contributed by atoms with E-state index in [1.807, 2.05) is 36.4 Å². The van der Waals surface area contributed by atoms with Gasteiger partial charge in [0, 0.05) is 11.8 Å². The van der Waals surface area contributed by atoms with Crippen molar-refractivity contribution in [2.75, 3.05) is 14.2 Å². The monoisotopic (exact) mass is 417 g/mol. The molecule has 0 amide bonds. The van der Waals surface area contributed by atoms with E-state index in [0.29, 0.717) is 12.0 Å². The second-order valence-electron chi connectivity index (χ2n) is 6.33. The minimum Gasteiger partial charge on any atom is -0.497 e. The number of nitriles is 2. The topological polar surface area (TPSA) is 96.0 Å². The van der Waals surface area contributed by atoms with E-state index in [9.17, 15) is 4.79 Å². The lowest BCUT2D eigenvalue weighted by atomic mass is 9.92. The molecule has 0 spiro atoms. The van der Waals surface area contributed by atoms with Gasteiger partial charge >= 0.3 is 0 Å². The van der Waals surface area contributed by atoms with E-state index >= 15 is 0 Å². The Bertz CT molecular complexity index is 1250. The summed E-state index contributed by atoms with van der Waals surface area (Å²) in [5, 5.41) is 18.6. The normalized spacial score (nSPS) is 11.9. The molecule has 6 nitrogen and oxygen atoms in total. The van der Waals surface area contributed by atoms with Crippen LogP contribution in [0.15, 0.2) is 48.0 Å². The van der Waals surface area contributed by atoms with E-state index < -0.39 is 0 Å². The number of benzene rings is 2. The standard InChI is InChI=1S/C12H9NO2.C11H7ClN2O/c1-15-11-3-2-8-6-12(14)10(7-13)4-9(8)5-11;1-15-9-2-3-10-7(5-9)4-8(6-13)11(12)14-10/h2-5H,6H2,1H3;2-5H,1H3. The Kier molecular flexibility index (Phi) is 6.32. The third kappa shape index (κ3) is 4.41. The Morgan fingerprint density at radius 3 is 2.37 bits per heavy atom. The number of hydrogen-bond donors (Lipinski definition) is 0. The number of carbonyl (C=O) groups excluding carboxylic acids is 1. The Hall–Kier alpha value is -3.87. The van der Waals surface area contributed by atoms with Gasteiger partial charge in [0.15, 0.2) is 5.78 Å². The fourth-order valence-corrected chi connectivity index (χ4v) is 3.12. The molecule has 0 radical (unpaired) electrons. The van der Waals surface area contributed by atoms with Crippen LogP contribution in [0.5, 0.6) is 11.5 Å². The van der Waals surface area contributed by atoms with Crippen LogP contribution in [0, 0.1) is 22.7 Å². The molecule has 1 aliphatic carbocycles. The third-order valence-electron chi connectivity index (χ3n) is 4.52. The van der Waals surface area contributed by atoms with Gasteiger partial charge in [0.05, 0.1) is 30.9 Å². The summed E-state index contributed by atoms with van der Waals surface area (Å²) in [6.07, 6.45) is 1.92. The molecule has 3 aromatic rings. The second-order valence-corrected chi connectivity index (χ2v) is 6.69. The largest absolute Gasteiger partial charge is 0.497 e. The molecule has 0 atom stereocenters. The molecule has 2 aromatic carbocycles. The number of rotatable bonds is 2. The molecule has 0 bridgehead atoms. The lowest BCUT2D eigenvalue weighted by Crippen LogP contribution is -2.11. The van der Waals surface area contributed by atoms with Crippen LogP contribution < -0.4 is 9.47 Å². The number of Topliss-reactive ketones (excluding diaryl/α,β-unsaturated/α-hetero) is 1. The van der Waals surface area contributed by atoms with E-state index in [0.717, 1.165) is 33.5 Å². The summed E-state index contributed by atoms with van der Waals surface area (Å²) in [6.45, 7) is 0. The number of methoxy groups -OCH3 is 2. The van der Waals surface area contributed by atoms with Crippen LogP contribution >= 0.6 is 11.6 Å². The van der Waals surface area contributed by atoms with Crippen LogP contribution in [-0.4, -0.2) is 25.0 Å². The number of carbonyl (C=O) groups is 1. The van der Waals surface area contributed by atoms with Crippen LogP contribution in [0.1, 0.15) is 16.7 Å². The smallest absolute Gasteiger partial charge is 0.177 e. The average Bonchev–Trinajstić information content (AvgIpc) is 2.77. The number of aromatic nitrogens is 1. The van der Waals surface area contributed by atoms with E-state index in [1.165, 1.54) is 0 Å². The van der Waals surface area contributed by atoms with Crippen molar-refractivity contribution in [3.8, 4) is 23.6 Å². The van der Waals surface area contributed by atoms with E-state index in [1.54, 1.807) is 38.5 Å². The molecule has 30 heavy (non-hydrogen) atoms. The maximum atomic E-state index is 11.4. The van der Waals surface area contributed by atoms with Gasteiger partial charge in [0.2, 0.25) is 0 Å². The zero-order valence-corrected chi connectivity index (χ0v) is 17.0. The molecular formula is C23H16ClN3O3. The zero-order valence-electron chi connectivity index (χ0n) is 16.3. The van der Waals surface area contributed by atoms with Gasteiger partial charge < -0.3 is 9.47 Å². The number of nitrogens with zero attached hydrogens (tertiary/aromatic N) is 3. The first-order valence-electron chi connectivity index (χ1n) is 8.85. The molecule has 0 saturated carbocycles. The highest BCUT2D eigenvalue weighted by Gasteiger charge is 2.18. The molecule has 148 valence electrons. The number of ether oxygens (including phenoxy) is 2. The first-order chi connectivity index (χ1) is 14.5. The number of fused-ring (bicyclic) bond motifs is 2. The van der Waals surface area contributed by atoms with Crippen LogP contribution in [0.2, 0.25) is 5.15 Å². The highest BCUT2D eigenvalue weighted by atomic mass is 35.5. The molecule has 1 aliphatic rings. The lowest BCUT2D eigenvalue weighted by Gasteiger charge is -2.12. The summed E-state index contributed by atoms with van der Waals surface area (Å²) < 4.78 is 10.2. The van der Waals surface area contributed by atoms with Crippen LogP contribution in [-0.2, 0) is 11.2 Å². The lowest BCUT2D eigenvalue weighted by molar-refractivity contribution is -0.114. The fraction of sp³-hybridized carbons (Fsp3) is 0.130. The average molecular weight is 418 g/mol. The summed E-state index contributed by atoms with van der Waals surface area (Å²) >= 11 is 5.81. The number of ketones is 1. The molecular weight excluding hydrogens is 402 g/mol. The molecule has 4 rings (SSSR count). The van der Waals surface area contributed by atoms with Gasteiger partial charge in [-0.05, 0) is 53.6 Å². The fourth-order valence-electron chi connectivity index (χ4n) is 2.93. The molecule has 0 unspecified atom stereocenters. The summed E-state index contributed by atoms with van der Waals surface area (Å²) in [5.74, 6) is 1.35. The van der Waals surface area contributed by atoms with Gasteiger partial charge in [0.1, 0.15) is 28.8 Å². The first kappa shape index (κ1) is 20.9. The van der Waals surface area contributed by atoms with Gasteiger partial charge in [-0.2, -0.15) is 10.5 Å². The quantitative estimate of drug-likeness (QED) is 0.570. The molecule has 1 aromatic heterocycles. The third-order valence-corrected chi connectivity index (χ3v) is 4.81. The van der Waals surface area contributed by atoms with Crippen molar-refractivity contribution in [1.29, 1.82) is 10.5 Å². The van der Waals surface area contributed by atoms with Crippen molar-refractivity contribution in [3.63, 3.8) is 0 Å². The van der Waals surface area contributed by atoms with Gasteiger partial charge in [-0.25, -0.2) is 4.98 Å². The van der Waals surface area contributed by atoms with E-state index in [4.69, 9.17) is 31.6 Å². The maximum Gasteiger partial charge on any atom is 0.177 e. The number of allylic oxidation sites excluding steroid dienone is 1. The van der Waals surface area contributed by atoms with Crippen molar-refractivity contribution in [2.45, 2.75) is 6.42 Å². The minimum absolute atomic E-state index is 0.116. The molecule has 0 saturated heterocycles. The summed E-state index contributed by atoms with van der Waals surface area (Å²) in [5.41, 5.74) is 3.18. The van der Waals surface area contributed by atoms with Crippen molar-refractivity contribution in [2.24, 2.45) is 0 Å². The molecule has 0 N–H and O–H groups in total. The Morgan fingerprint density at radius 1 is 1.00 bits per heavy atom. The zero-order chi connectivity index (χ0) is 21.7. The SMILES string of the molecule is COc1ccc2c(c1)C=C(C#N)C(=O)C2.COc1ccc2nc(Cl)c(C#N)cc2c1. The summed E-state index contributed by atoms with van der Waals surface area (Å²) in [4.78, 5) is 15.5. The van der Waals surface area contributed by atoms with E-state index in [-0.39, 0.29) is 16.5 Å². The Balaban J connectivity index is 0.000000171.